The van der Waals surface area contributed by atoms with Gasteiger partial charge in [-0.2, -0.15) is 0 Å². The fourth-order valence-electron chi connectivity index (χ4n) is 2.39. The molecule has 0 bridgehead atoms. The fraction of sp³-hybridized carbons (Fsp3) is 0.429. The molecule has 1 aliphatic heterocycles. The zero-order valence-electron chi connectivity index (χ0n) is 11.5. The molecule has 0 spiro atoms. The van der Waals surface area contributed by atoms with E-state index < -0.39 is 29.9 Å². The molecular weight excluding hydrogens is 303 g/mol. The summed E-state index contributed by atoms with van der Waals surface area (Å²) in [7, 11) is 0. The minimum atomic E-state index is -4.90. The lowest BCUT2D eigenvalue weighted by molar-refractivity contribution is -0.274. The smallest absolute Gasteiger partial charge is 0.481 e. The number of nitrogens with zero attached hydrogens (tertiary/aromatic N) is 1. The van der Waals surface area contributed by atoms with Gasteiger partial charge in [-0.15, -0.1) is 13.2 Å². The van der Waals surface area contributed by atoms with Crippen molar-refractivity contribution < 1.29 is 32.6 Å². The number of benzene rings is 1. The highest BCUT2D eigenvalue weighted by molar-refractivity contribution is 5.97. The van der Waals surface area contributed by atoms with Gasteiger partial charge < -0.3 is 14.7 Å². The molecule has 0 radical (unpaired) electrons. The zero-order valence-corrected chi connectivity index (χ0v) is 11.5. The highest BCUT2D eigenvalue weighted by atomic mass is 19.4. The Balaban J connectivity index is 2.20. The number of para-hydroxylation sites is 1. The molecular formula is C14H14F3NO4. The molecule has 1 aromatic rings. The van der Waals surface area contributed by atoms with Crippen molar-refractivity contribution in [3.63, 3.8) is 0 Å². The largest absolute Gasteiger partial charge is 0.573 e. The lowest BCUT2D eigenvalue weighted by Crippen LogP contribution is -2.42. The third kappa shape index (κ3) is 3.90. The number of carbonyl (C=O) groups is 2. The number of hydrogen-bond acceptors (Lipinski definition) is 3. The van der Waals surface area contributed by atoms with Crippen molar-refractivity contribution in [2.75, 3.05) is 13.1 Å². The van der Waals surface area contributed by atoms with E-state index in [2.05, 4.69) is 4.74 Å². The van der Waals surface area contributed by atoms with Gasteiger partial charge in [-0.3, -0.25) is 9.59 Å². The Morgan fingerprint density at radius 2 is 1.95 bits per heavy atom. The molecule has 0 aromatic heterocycles. The fourth-order valence-corrected chi connectivity index (χ4v) is 2.39. The Hall–Kier alpha value is -2.25. The van der Waals surface area contributed by atoms with E-state index in [1.807, 2.05) is 0 Å². The lowest BCUT2D eigenvalue weighted by Gasteiger charge is -2.31. The second-order valence-electron chi connectivity index (χ2n) is 4.97. The summed E-state index contributed by atoms with van der Waals surface area (Å²) in [5.41, 5.74) is -0.231. The standard InChI is InChI=1S/C14H14F3NO4/c15-14(16,17)22-11-6-2-1-5-10(11)12(19)18-7-3-4-9(8-18)13(20)21/h1-2,5-6,9H,3-4,7-8H2,(H,20,21)/t9-/m0/s1. The molecule has 22 heavy (non-hydrogen) atoms. The minimum Gasteiger partial charge on any atom is -0.481 e. The van der Waals surface area contributed by atoms with Gasteiger partial charge in [-0.05, 0) is 25.0 Å². The highest BCUT2D eigenvalue weighted by Gasteiger charge is 2.34. The van der Waals surface area contributed by atoms with E-state index in [-0.39, 0.29) is 12.1 Å². The molecule has 0 aliphatic carbocycles. The number of hydrogen-bond donors (Lipinski definition) is 1. The molecule has 0 unspecified atom stereocenters. The first-order chi connectivity index (χ1) is 10.3. The maximum absolute atomic E-state index is 12.4. The van der Waals surface area contributed by atoms with Crippen LogP contribution in [0.5, 0.6) is 5.75 Å². The number of aliphatic carboxylic acids is 1. The van der Waals surface area contributed by atoms with E-state index >= 15 is 0 Å². The molecule has 1 N–H and O–H groups in total. The number of carboxylic acid groups (broad SMARTS) is 1. The van der Waals surface area contributed by atoms with Gasteiger partial charge in [0.1, 0.15) is 5.75 Å². The van der Waals surface area contributed by atoms with Gasteiger partial charge in [-0.25, -0.2) is 0 Å². The van der Waals surface area contributed by atoms with Crippen LogP contribution in [0, 0.1) is 5.92 Å². The number of carbonyl (C=O) groups excluding carboxylic acids is 1. The van der Waals surface area contributed by atoms with Crippen molar-refractivity contribution in [2.24, 2.45) is 5.92 Å². The number of amides is 1. The summed E-state index contributed by atoms with van der Waals surface area (Å²) in [5.74, 6) is -2.96. The third-order valence-electron chi connectivity index (χ3n) is 3.40. The second kappa shape index (κ2) is 6.25. The topological polar surface area (TPSA) is 66.8 Å². The minimum absolute atomic E-state index is 0.0193. The summed E-state index contributed by atoms with van der Waals surface area (Å²) in [6, 6.07) is 5.04. The van der Waals surface area contributed by atoms with Crippen LogP contribution in [0.25, 0.3) is 0 Å². The molecule has 0 saturated carbocycles. The van der Waals surface area contributed by atoms with E-state index in [0.717, 1.165) is 6.07 Å². The molecule has 1 saturated heterocycles. The number of likely N-dealkylation sites (tertiary alicyclic amines) is 1. The van der Waals surface area contributed by atoms with Crippen molar-refractivity contribution in [1.82, 2.24) is 4.90 Å². The van der Waals surface area contributed by atoms with Gasteiger partial charge >= 0.3 is 12.3 Å². The monoisotopic (exact) mass is 317 g/mol. The van der Waals surface area contributed by atoms with Crippen LogP contribution < -0.4 is 4.74 Å². The predicted molar refractivity (Wildman–Crippen MR) is 69.4 cm³/mol. The normalized spacial score (nSPS) is 18.9. The van der Waals surface area contributed by atoms with E-state index in [1.165, 1.54) is 23.1 Å². The first-order valence-corrected chi connectivity index (χ1v) is 6.65. The summed E-state index contributed by atoms with van der Waals surface area (Å²) in [6.45, 7) is 0.289. The molecule has 5 nitrogen and oxygen atoms in total. The van der Waals surface area contributed by atoms with Gasteiger partial charge in [0.15, 0.2) is 0 Å². The van der Waals surface area contributed by atoms with E-state index in [0.29, 0.717) is 19.4 Å². The van der Waals surface area contributed by atoms with Gasteiger partial charge in [0.25, 0.3) is 5.91 Å². The average molecular weight is 317 g/mol. The number of alkyl halides is 3. The van der Waals surface area contributed by atoms with Crippen molar-refractivity contribution in [1.29, 1.82) is 0 Å². The van der Waals surface area contributed by atoms with Crippen LogP contribution in [0.3, 0.4) is 0 Å². The van der Waals surface area contributed by atoms with E-state index in [9.17, 15) is 22.8 Å². The average Bonchev–Trinajstić information content (AvgIpc) is 2.45. The van der Waals surface area contributed by atoms with Crippen LogP contribution in [0.15, 0.2) is 24.3 Å². The van der Waals surface area contributed by atoms with Gasteiger partial charge in [0.2, 0.25) is 0 Å². The molecule has 1 aliphatic rings. The Morgan fingerprint density at radius 1 is 1.27 bits per heavy atom. The van der Waals surface area contributed by atoms with Crippen LogP contribution in [-0.4, -0.2) is 41.3 Å². The highest BCUT2D eigenvalue weighted by Crippen LogP contribution is 2.28. The summed E-state index contributed by atoms with van der Waals surface area (Å²) in [6.07, 6.45) is -3.97. The number of halogens is 3. The number of piperidine rings is 1. The molecule has 1 atom stereocenters. The zero-order chi connectivity index (χ0) is 16.3. The summed E-state index contributed by atoms with van der Waals surface area (Å²) in [4.78, 5) is 24.6. The first-order valence-electron chi connectivity index (χ1n) is 6.65. The van der Waals surface area contributed by atoms with Crippen LogP contribution in [0.1, 0.15) is 23.2 Å². The Bertz CT molecular complexity index is 573. The molecule has 120 valence electrons. The Labute approximate surface area is 124 Å². The molecule has 8 heteroatoms. The van der Waals surface area contributed by atoms with Crippen LogP contribution in [0.4, 0.5) is 13.2 Å². The van der Waals surface area contributed by atoms with Crippen molar-refractivity contribution in [3.05, 3.63) is 29.8 Å². The van der Waals surface area contributed by atoms with Crippen molar-refractivity contribution in [2.45, 2.75) is 19.2 Å². The molecule has 1 aromatic carbocycles. The second-order valence-corrected chi connectivity index (χ2v) is 4.97. The number of rotatable bonds is 3. The first kappa shape index (κ1) is 16.1. The maximum Gasteiger partial charge on any atom is 0.573 e. The van der Waals surface area contributed by atoms with Gasteiger partial charge in [0, 0.05) is 13.1 Å². The summed E-state index contributed by atoms with van der Waals surface area (Å²) in [5, 5.41) is 9.00. The van der Waals surface area contributed by atoms with Crippen molar-refractivity contribution >= 4 is 11.9 Å². The SMILES string of the molecule is O=C(O)[C@H]1CCCN(C(=O)c2ccccc2OC(F)(F)F)C1. The quantitative estimate of drug-likeness (QED) is 0.930. The molecule has 1 amide bonds. The molecule has 1 fully saturated rings. The van der Waals surface area contributed by atoms with E-state index in [4.69, 9.17) is 5.11 Å². The third-order valence-corrected chi connectivity index (χ3v) is 3.40. The van der Waals surface area contributed by atoms with Gasteiger partial charge in [0.05, 0.1) is 11.5 Å². The van der Waals surface area contributed by atoms with Gasteiger partial charge in [-0.1, -0.05) is 12.1 Å². The summed E-state index contributed by atoms with van der Waals surface area (Å²) >= 11 is 0. The van der Waals surface area contributed by atoms with Crippen molar-refractivity contribution in [3.8, 4) is 5.75 Å². The predicted octanol–water partition coefficient (Wildman–Crippen LogP) is 2.52. The maximum atomic E-state index is 12.4. The Morgan fingerprint density at radius 3 is 2.59 bits per heavy atom. The van der Waals surface area contributed by atoms with Crippen LogP contribution in [-0.2, 0) is 4.79 Å². The number of carboxylic acids is 1. The number of ether oxygens (including phenoxy) is 1. The lowest BCUT2D eigenvalue weighted by atomic mass is 9.97. The summed E-state index contributed by atoms with van der Waals surface area (Å²) < 4.78 is 41.0. The molecule has 1 heterocycles. The van der Waals surface area contributed by atoms with Crippen LogP contribution in [0.2, 0.25) is 0 Å². The molecule has 2 rings (SSSR count). The van der Waals surface area contributed by atoms with Crippen LogP contribution >= 0.6 is 0 Å². The Kier molecular flexibility index (Phi) is 4.58. The van der Waals surface area contributed by atoms with E-state index in [1.54, 1.807) is 0 Å².